The van der Waals surface area contributed by atoms with Crippen LogP contribution >= 0.6 is 0 Å². The Hall–Kier alpha value is -0.930. The monoisotopic (exact) mass is 221 g/mol. The van der Waals surface area contributed by atoms with Gasteiger partial charge >= 0.3 is 0 Å². The van der Waals surface area contributed by atoms with Crippen molar-refractivity contribution in [1.29, 1.82) is 0 Å². The summed E-state index contributed by atoms with van der Waals surface area (Å²) < 4.78 is 13.2. The summed E-state index contributed by atoms with van der Waals surface area (Å²) in [6.45, 7) is 1.67. The third-order valence-electron chi connectivity index (χ3n) is 3.79. The molecule has 3 heteroatoms. The average Bonchev–Trinajstić information content (AvgIpc) is 2.83. The molecule has 1 aliphatic heterocycles. The number of nitrogens with zero attached hydrogens (tertiary/aromatic N) is 1. The molecule has 1 aromatic carbocycles. The van der Waals surface area contributed by atoms with Crippen LogP contribution in [-0.4, -0.2) is 29.2 Å². The van der Waals surface area contributed by atoms with Crippen LogP contribution in [0.3, 0.4) is 0 Å². The van der Waals surface area contributed by atoms with Gasteiger partial charge in [0.05, 0.1) is 6.10 Å². The van der Waals surface area contributed by atoms with Crippen molar-refractivity contribution in [1.82, 2.24) is 4.90 Å². The number of β-amino-alcohol motifs (C(OH)–C–C–N with tert-alkyl or cyclic N) is 1. The molecule has 0 radical (unpaired) electrons. The smallest absolute Gasteiger partial charge is 0.123 e. The fourth-order valence-electron chi connectivity index (χ4n) is 2.98. The van der Waals surface area contributed by atoms with E-state index in [1.54, 1.807) is 12.1 Å². The number of likely N-dealkylation sites (tertiary alicyclic amines) is 1. The number of aryl methyl sites for hydroxylation is 1. The Morgan fingerprint density at radius 3 is 2.94 bits per heavy atom. The van der Waals surface area contributed by atoms with E-state index in [9.17, 15) is 9.50 Å². The Morgan fingerprint density at radius 1 is 1.31 bits per heavy atom. The molecule has 1 aliphatic carbocycles. The first-order valence-electron chi connectivity index (χ1n) is 5.94. The number of aliphatic hydroxyl groups is 1. The van der Waals surface area contributed by atoms with Gasteiger partial charge in [0.2, 0.25) is 0 Å². The zero-order valence-corrected chi connectivity index (χ0v) is 9.19. The molecule has 0 saturated carbocycles. The highest BCUT2D eigenvalue weighted by Gasteiger charge is 2.32. The first kappa shape index (κ1) is 10.2. The quantitative estimate of drug-likeness (QED) is 0.782. The number of benzene rings is 1. The number of halogens is 1. The van der Waals surface area contributed by atoms with E-state index < -0.39 is 0 Å². The number of fused-ring (bicyclic) bond motifs is 1. The fourth-order valence-corrected chi connectivity index (χ4v) is 2.98. The van der Waals surface area contributed by atoms with Crippen molar-refractivity contribution < 1.29 is 9.50 Å². The van der Waals surface area contributed by atoms with Gasteiger partial charge in [0.25, 0.3) is 0 Å². The summed E-state index contributed by atoms with van der Waals surface area (Å²) >= 11 is 0. The Kier molecular flexibility index (Phi) is 2.45. The SMILES string of the molecule is O[C@H]1CCN(C2CCc3ccc(F)cc32)C1. The number of aliphatic hydroxyl groups excluding tert-OH is 1. The van der Waals surface area contributed by atoms with Crippen LogP contribution in [0.1, 0.15) is 30.0 Å². The summed E-state index contributed by atoms with van der Waals surface area (Å²) in [5.41, 5.74) is 2.40. The van der Waals surface area contributed by atoms with Gasteiger partial charge in [-0.1, -0.05) is 6.07 Å². The van der Waals surface area contributed by atoms with E-state index in [1.165, 1.54) is 5.56 Å². The molecule has 3 rings (SSSR count). The van der Waals surface area contributed by atoms with E-state index in [2.05, 4.69) is 4.90 Å². The maximum atomic E-state index is 13.2. The number of rotatable bonds is 1. The van der Waals surface area contributed by atoms with E-state index in [4.69, 9.17) is 0 Å². The van der Waals surface area contributed by atoms with Gasteiger partial charge in [-0.15, -0.1) is 0 Å². The molecule has 1 heterocycles. The molecule has 2 atom stereocenters. The van der Waals surface area contributed by atoms with Crippen molar-refractivity contribution >= 4 is 0 Å². The highest BCUT2D eigenvalue weighted by atomic mass is 19.1. The summed E-state index contributed by atoms with van der Waals surface area (Å²) in [4.78, 5) is 2.29. The van der Waals surface area contributed by atoms with Crippen LogP contribution in [-0.2, 0) is 6.42 Å². The molecular weight excluding hydrogens is 205 g/mol. The second-order valence-corrected chi connectivity index (χ2v) is 4.84. The third kappa shape index (κ3) is 1.64. The highest BCUT2D eigenvalue weighted by molar-refractivity contribution is 5.35. The van der Waals surface area contributed by atoms with Crippen LogP contribution in [0.15, 0.2) is 18.2 Å². The maximum absolute atomic E-state index is 13.2. The minimum Gasteiger partial charge on any atom is -0.392 e. The van der Waals surface area contributed by atoms with Crippen molar-refractivity contribution in [3.8, 4) is 0 Å². The molecule has 1 aromatic rings. The van der Waals surface area contributed by atoms with Crippen molar-refractivity contribution in [3.05, 3.63) is 35.1 Å². The summed E-state index contributed by atoms with van der Waals surface area (Å²) in [6.07, 6.45) is 2.75. The lowest BCUT2D eigenvalue weighted by atomic mass is 10.1. The van der Waals surface area contributed by atoms with Crippen LogP contribution in [0.2, 0.25) is 0 Å². The zero-order valence-electron chi connectivity index (χ0n) is 9.19. The van der Waals surface area contributed by atoms with Crippen LogP contribution in [0, 0.1) is 5.82 Å². The molecule has 2 nitrogen and oxygen atoms in total. The predicted octanol–water partition coefficient (Wildman–Crippen LogP) is 1.88. The standard InChI is InChI=1S/C13H16FNO/c14-10-3-1-9-2-4-13(12(9)7-10)15-6-5-11(16)8-15/h1,3,7,11,13,16H,2,4-6,8H2/t11-,13?/m0/s1. The molecule has 0 amide bonds. The van der Waals surface area contributed by atoms with E-state index in [-0.39, 0.29) is 11.9 Å². The zero-order chi connectivity index (χ0) is 11.1. The summed E-state index contributed by atoms with van der Waals surface area (Å²) in [7, 11) is 0. The van der Waals surface area contributed by atoms with E-state index in [0.717, 1.165) is 37.9 Å². The van der Waals surface area contributed by atoms with Gasteiger partial charge in [0, 0.05) is 19.1 Å². The molecule has 1 fully saturated rings. The van der Waals surface area contributed by atoms with Gasteiger partial charge in [0.1, 0.15) is 5.82 Å². The van der Waals surface area contributed by atoms with E-state index >= 15 is 0 Å². The van der Waals surface area contributed by atoms with Crippen LogP contribution in [0.25, 0.3) is 0 Å². The van der Waals surface area contributed by atoms with Gasteiger partial charge in [-0.25, -0.2) is 4.39 Å². The third-order valence-corrected chi connectivity index (χ3v) is 3.79. The Morgan fingerprint density at radius 2 is 2.19 bits per heavy atom. The molecule has 1 N–H and O–H groups in total. The summed E-state index contributed by atoms with van der Waals surface area (Å²) in [5, 5.41) is 9.55. The molecule has 16 heavy (non-hydrogen) atoms. The molecule has 86 valence electrons. The lowest BCUT2D eigenvalue weighted by Gasteiger charge is -2.24. The van der Waals surface area contributed by atoms with Crippen molar-refractivity contribution in [2.75, 3.05) is 13.1 Å². The molecule has 1 saturated heterocycles. The van der Waals surface area contributed by atoms with Gasteiger partial charge in [-0.05, 0) is 42.5 Å². The molecule has 2 aliphatic rings. The lowest BCUT2D eigenvalue weighted by molar-refractivity contribution is 0.159. The van der Waals surface area contributed by atoms with Gasteiger partial charge in [-0.2, -0.15) is 0 Å². The number of hydrogen-bond donors (Lipinski definition) is 1. The molecule has 0 aromatic heterocycles. The minimum absolute atomic E-state index is 0.148. The Bertz CT molecular complexity index is 407. The van der Waals surface area contributed by atoms with E-state index in [0.29, 0.717) is 6.04 Å². The van der Waals surface area contributed by atoms with Gasteiger partial charge in [0.15, 0.2) is 0 Å². The second kappa shape index (κ2) is 3.82. The normalized spacial score (nSPS) is 29.6. The summed E-state index contributed by atoms with van der Waals surface area (Å²) in [6, 6.07) is 5.43. The topological polar surface area (TPSA) is 23.5 Å². The largest absolute Gasteiger partial charge is 0.392 e. The van der Waals surface area contributed by atoms with Crippen molar-refractivity contribution in [2.45, 2.75) is 31.4 Å². The molecule has 1 unspecified atom stereocenters. The van der Waals surface area contributed by atoms with Gasteiger partial charge in [-0.3, -0.25) is 4.90 Å². The average molecular weight is 221 g/mol. The summed E-state index contributed by atoms with van der Waals surface area (Å²) in [5.74, 6) is -0.148. The number of hydrogen-bond acceptors (Lipinski definition) is 2. The van der Waals surface area contributed by atoms with Crippen LogP contribution < -0.4 is 0 Å². The molecule has 0 spiro atoms. The Balaban J connectivity index is 1.88. The minimum atomic E-state index is -0.197. The van der Waals surface area contributed by atoms with E-state index in [1.807, 2.05) is 6.07 Å². The van der Waals surface area contributed by atoms with Crippen molar-refractivity contribution in [3.63, 3.8) is 0 Å². The van der Waals surface area contributed by atoms with Crippen LogP contribution in [0.5, 0.6) is 0 Å². The predicted molar refractivity (Wildman–Crippen MR) is 59.7 cm³/mol. The molecule has 0 bridgehead atoms. The fraction of sp³-hybridized carbons (Fsp3) is 0.538. The highest BCUT2D eigenvalue weighted by Crippen LogP contribution is 2.37. The first-order valence-corrected chi connectivity index (χ1v) is 5.94. The first-order chi connectivity index (χ1) is 7.74. The Labute approximate surface area is 94.7 Å². The van der Waals surface area contributed by atoms with Crippen LogP contribution in [0.4, 0.5) is 4.39 Å². The second-order valence-electron chi connectivity index (χ2n) is 4.84. The van der Waals surface area contributed by atoms with Crippen molar-refractivity contribution in [2.24, 2.45) is 0 Å². The molecular formula is C13H16FNO. The van der Waals surface area contributed by atoms with Gasteiger partial charge < -0.3 is 5.11 Å². The maximum Gasteiger partial charge on any atom is 0.123 e. The lowest BCUT2D eigenvalue weighted by Crippen LogP contribution is -2.26.